The fraction of sp³-hybridized carbons (Fsp3) is 0.348. The number of pyridine rings is 1. The number of aliphatic imine (C=N–C) groups is 1. The van der Waals surface area contributed by atoms with Crippen LogP contribution in [0, 0.1) is 13.8 Å². The molecule has 2 heterocycles. The fourth-order valence-corrected chi connectivity index (χ4v) is 3.39. The van der Waals surface area contributed by atoms with Crippen molar-refractivity contribution >= 4 is 29.9 Å². The van der Waals surface area contributed by atoms with Gasteiger partial charge in [-0.2, -0.15) is 5.10 Å². The molecule has 0 aliphatic heterocycles. The van der Waals surface area contributed by atoms with E-state index in [1.165, 1.54) is 0 Å². The highest BCUT2D eigenvalue weighted by Crippen LogP contribution is 2.25. The Morgan fingerprint density at radius 2 is 1.91 bits per heavy atom. The highest BCUT2D eigenvalue weighted by Gasteiger charge is 2.12. The maximum absolute atomic E-state index is 5.51. The van der Waals surface area contributed by atoms with Gasteiger partial charge >= 0.3 is 0 Å². The summed E-state index contributed by atoms with van der Waals surface area (Å²) in [4.78, 5) is 11.0. The molecule has 0 unspecified atom stereocenters. The summed E-state index contributed by atoms with van der Waals surface area (Å²) in [7, 11) is 7.07. The van der Waals surface area contributed by atoms with Gasteiger partial charge in [-0.25, -0.2) is 9.67 Å². The maximum Gasteiger partial charge on any atom is 0.193 e. The number of aromatic nitrogens is 3. The average molecular weight is 550 g/mol. The summed E-state index contributed by atoms with van der Waals surface area (Å²) >= 11 is 0. The van der Waals surface area contributed by atoms with E-state index in [0.717, 1.165) is 45.8 Å². The Morgan fingerprint density at radius 1 is 1.12 bits per heavy atom. The third-order valence-electron chi connectivity index (χ3n) is 4.96. The second kappa shape index (κ2) is 11.7. The van der Waals surface area contributed by atoms with Crippen LogP contribution in [-0.4, -0.2) is 53.9 Å². The molecule has 0 aliphatic carbocycles. The Balaban J connectivity index is 0.00000363. The number of hydrogen-bond donors (Lipinski definition) is 1. The first kappa shape index (κ1) is 25.4. The van der Waals surface area contributed by atoms with Gasteiger partial charge in [0.05, 0.1) is 19.9 Å². The smallest absolute Gasteiger partial charge is 0.193 e. The number of guanidine groups is 1. The summed E-state index contributed by atoms with van der Waals surface area (Å²) < 4.78 is 12.6. The molecule has 3 rings (SSSR count). The molecule has 0 saturated heterocycles. The van der Waals surface area contributed by atoms with Crippen molar-refractivity contribution in [3.05, 3.63) is 65.1 Å². The average Bonchev–Trinajstić information content (AvgIpc) is 3.12. The molecule has 8 nitrogen and oxygen atoms in total. The van der Waals surface area contributed by atoms with Gasteiger partial charge in [-0.1, -0.05) is 6.07 Å². The van der Waals surface area contributed by atoms with Gasteiger partial charge < -0.3 is 19.7 Å². The number of ether oxygens (including phenoxy) is 2. The van der Waals surface area contributed by atoms with Crippen LogP contribution in [0.5, 0.6) is 11.5 Å². The molecule has 32 heavy (non-hydrogen) atoms. The summed E-state index contributed by atoms with van der Waals surface area (Å²) in [6, 6.07) is 11.9. The highest BCUT2D eigenvalue weighted by molar-refractivity contribution is 14.0. The standard InChI is InChI=1S/C23H30N6O2.HI/c1-16-11-17(2)29(27-16)22-10-7-18(13-25-22)14-26-23(24-3)28(4)15-19-8-9-20(30-5)12-21(19)31-6;/h7-13H,14-15H2,1-6H3,(H,24,26);1H. The molecular weight excluding hydrogens is 519 g/mol. The van der Waals surface area contributed by atoms with E-state index in [1.54, 1.807) is 21.3 Å². The maximum atomic E-state index is 5.51. The lowest BCUT2D eigenvalue weighted by molar-refractivity contribution is 0.382. The van der Waals surface area contributed by atoms with Gasteiger partial charge in [-0.05, 0) is 43.7 Å². The van der Waals surface area contributed by atoms with Crippen LogP contribution in [0.1, 0.15) is 22.5 Å². The van der Waals surface area contributed by atoms with E-state index in [2.05, 4.69) is 20.4 Å². The van der Waals surface area contributed by atoms with Gasteiger partial charge in [0.25, 0.3) is 0 Å². The van der Waals surface area contributed by atoms with E-state index in [9.17, 15) is 0 Å². The van der Waals surface area contributed by atoms with Crippen molar-refractivity contribution in [1.29, 1.82) is 0 Å². The Bertz CT molecular complexity index is 1050. The minimum atomic E-state index is 0. The number of rotatable bonds is 7. The molecule has 0 atom stereocenters. The topological polar surface area (TPSA) is 76.8 Å². The molecule has 1 N–H and O–H groups in total. The van der Waals surface area contributed by atoms with E-state index in [-0.39, 0.29) is 24.0 Å². The second-order valence-corrected chi connectivity index (χ2v) is 7.30. The molecule has 0 aliphatic rings. The normalized spacial score (nSPS) is 11.0. The second-order valence-electron chi connectivity index (χ2n) is 7.30. The zero-order valence-corrected chi connectivity index (χ0v) is 21.7. The summed E-state index contributed by atoms with van der Waals surface area (Å²) in [5.41, 5.74) is 4.14. The van der Waals surface area contributed by atoms with Crippen LogP contribution in [0.25, 0.3) is 5.82 Å². The van der Waals surface area contributed by atoms with Crippen molar-refractivity contribution in [2.24, 2.45) is 4.99 Å². The molecule has 3 aromatic rings. The molecule has 0 saturated carbocycles. The van der Waals surface area contributed by atoms with E-state index < -0.39 is 0 Å². The summed E-state index contributed by atoms with van der Waals surface area (Å²) in [5, 5.41) is 7.87. The number of nitrogens with one attached hydrogen (secondary N) is 1. The van der Waals surface area contributed by atoms with Gasteiger partial charge in [-0.15, -0.1) is 24.0 Å². The Hall–Kier alpha value is -2.82. The van der Waals surface area contributed by atoms with Gasteiger partial charge in [0.2, 0.25) is 0 Å². The minimum Gasteiger partial charge on any atom is -0.497 e. The van der Waals surface area contributed by atoms with Gasteiger partial charge in [-0.3, -0.25) is 4.99 Å². The first-order chi connectivity index (χ1) is 14.9. The molecular formula is C23H31IN6O2. The first-order valence-electron chi connectivity index (χ1n) is 10.1. The van der Waals surface area contributed by atoms with Crippen LogP contribution in [0.3, 0.4) is 0 Å². The molecule has 1 aromatic carbocycles. The lowest BCUT2D eigenvalue weighted by atomic mass is 10.2. The number of benzene rings is 1. The first-order valence-corrected chi connectivity index (χ1v) is 10.1. The van der Waals surface area contributed by atoms with Gasteiger partial charge in [0.15, 0.2) is 11.8 Å². The van der Waals surface area contributed by atoms with Crippen molar-refractivity contribution in [1.82, 2.24) is 25.0 Å². The molecule has 0 radical (unpaired) electrons. The molecule has 2 aromatic heterocycles. The molecule has 9 heteroatoms. The summed E-state index contributed by atoms with van der Waals surface area (Å²) in [5.74, 6) is 3.13. The van der Waals surface area contributed by atoms with Crippen LogP contribution in [0.15, 0.2) is 47.6 Å². The van der Waals surface area contributed by atoms with Gasteiger partial charge in [0, 0.05) is 50.7 Å². The largest absolute Gasteiger partial charge is 0.497 e. The van der Waals surface area contributed by atoms with Crippen LogP contribution in [0.2, 0.25) is 0 Å². The minimum absolute atomic E-state index is 0. The van der Waals surface area contributed by atoms with E-state index >= 15 is 0 Å². The van der Waals surface area contributed by atoms with E-state index in [0.29, 0.717) is 13.1 Å². The monoisotopic (exact) mass is 550 g/mol. The quantitative estimate of drug-likeness (QED) is 0.275. The Morgan fingerprint density at radius 3 is 2.47 bits per heavy atom. The SMILES string of the molecule is CN=C(NCc1ccc(-n2nc(C)cc2C)nc1)N(C)Cc1ccc(OC)cc1OC.I. The highest BCUT2D eigenvalue weighted by atomic mass is 127. The van der Waals surface area contributed by atoms with Crippen molar-refractivity contribution < 1.29 is 9.47 Å². The van der Waals surface area contributed by atoms with Crippen LogP contribution < -0.4 is 14.8 Å². The Kier molecular flexibility index (Phi) is 9.30. The predicted molar refractivity (Wildman–Crippen MR) is 137 cm³/mol. The van der Waals surface area contributed by atoms with Crippen LogP contribution in [0.4, 0.5) is 0 Å². The Labute approximate surface area is 206 Å². The number of halogens is 1. The number of nitrogens with zero attached hydrogens (tertiary/aromatic N) is 5. The lowest BCUT2D eigenvalue weighted by Crippen LogP contribution is -2.38. The zero-order valence-electron chi connectivity index (χ0n) is 19.4. The third-order valence-corrected chi connectivity index (χ3v) is 4.96. The number of methoxy groups -OCH3 is 2. The summed E-state index contributed by atoms with van der Waals surface area (Å²) in [6.07, 6.45) is 1.86. The summed E-state index contributed by atoms with van der Waals surface area (Å²) in [6.45, 7) is 5.25. The molecule has 0 spiro atoms. The lowest BCUT2D eigenvalue weighted by Gasteiger charge is -2.23. The van der Waals surface area contributed by atoms with Crippen molar-refractivity contribution in [2.45, 2.75) is 26.9 Å². The third kappa shape index (κ3) is 6.12. The van der Waals surface area contributed by atoms with Gasteiger partial charge in [0.1, 0.15) is 11.5 Å². The van der Waals surface area contributed by atoms with Crippen molar-refractivity contribution in [3.8, 4) is 17.3 Å². The molecule has 172 valence electrons. The molecule has 0 amide bonds. The van der Waals surface area contributed by atoms with E-state index in [1.807, 2.05) is 73.1 Å². The van der Waals surface area contributed by atoms with Crippen LogP contribution >= 0.6 is 24.0 Å². The fourth-order valence-electron chi connectivity index (χ4n) is 3.39. The zero-order chi connectivity index (χ0) is 22.4. The molecule has 0 fully saturated rings. The predicted octanol–water partition coefficient (Wildman–Crippen LogP) is 3.73. The number of hydrogen-bond acceptors (Lipinski definition) is 5. The number of aryl methyl sites for hydroxylation is 2. The van der Waals surface area contributed by atoms with Crippen LogP contribution in [-0.2, 0) is 13.1 Å². The molecule has 0 bridgehead atoms. The van der Waals surface area contributed by atoms with Crippen molar-refractivity contribution in [3.63, 3.8) is 0 Å². The van der Waals surface area contributed by atoms with E-state index in [4.69, 9.17) is 9.47 Å². The van der Waals surface area contributed by atoms with Crippen molar-refractivity contribution in [2.75, 3.05) is 28.3 Å².